The Hall–Kier alpha value is -1.16. The summed E-state index contributed by atoms with van der Waals surface area (Å²) in [6, 6.07) is 0. The lowest BCUT2D eigenvalue weighted by molar-refractivity contribution is 0.111. The summed E-state index contributed by atoms with van der Waals surface area (Å²) in [5, 5.41) is 0.231. The van der Waals surface area contributed by atoms with E-state index in [0.717, 1.165) is 0 Å². The lowest BCUT2D eigenvalue weighted by atomic mass is 10.5. The summed E-state index contributed by atoms with van der Waals surface area (Å²) in [7, 11) is 1.63. The van der Waals surface area contributed by atoms with Gasteiger partial charge >= 0.3 is 0 Å². The first kappa shape index (κ1) is 7.94. The van der Waals surface area contributed by atoms with Gasteiger partial charge in [-0.05, 0) is 18.3 Å². The van der Waals surface area contributed by atoms with E-state index in [1.807, 2.05) is 0 Å². The Labute approximate surface area is 68.5 Å². The van der Waals surface area contributed by atoms with Gasteiger partial charge in [-0.1, -0.05) is 0 Å². The topological polar surface area (TPSA) is 47.2 Å². The molecule has 0 aromatic carbocycles. The van der Waals surface area contributed by atoms with Crippen molar-refractivity contribution in [3.8, 4) is 0 Å². The van der Waals surface area contributed by atoms with E-state index >= 15 is 0 Å². The maximum atomic E-state index is 10.4. The molecule has 5 heteroatoms. The first-order valence-corrected chi connectivity index (χ1v) is 3.22. The van der Waals surface area contributed by atoms with Crippen molar-refractivity contribution in [2.75, 3.05) is 0 Å². The van der Waals surface area contributed by atoms with Crippen LogP contribution < -0.4 is 0 Å². The molecule has 58 valence electrons. The van der Waals surface area contributed by atoms with E-state index in [4.69, 9.17) is 11.6 Å². The van der Waals surface area contributed by atoms with E-state index in [0.29, 0.717) is 12.0 Å². The number of hydrogen-bond acceptors (Lipinski definition) is 3. The van der Waals surface area contributed by atoms with Gasteiger partial charge in [0.2, 0.25) is 5.28 Å². The van der Waals surface area contributed by atoms with Gasteiger partial charge in [-0.3, -0.25) is 4.79 Å². The van der Waals surface area contributed by atoms with Crippen LogP contribution in [-0.2, 0) is 7.05 Å². The molecule has 0 amide bonds. The quantitative estimate of drug-likeness (QED) is 0.496. The zero-order valence-electron chi connectivity index (χ0n) is 5.91. The van der Waals surface area contributed by atoms with Gasteiger partial charge in [0.05, 0.1) is 0 Å². The zero-order valence-corrected chi connectivity index (χ0v) is 6.67. The van der Waals surface area contributed by atoms with E-state index in [2.05, 4.69) is 16.7 Å². The number of rotatable bonds is 2. The first-order valence-electron chi connectivity index (χ1n) is 2.84. The van der Waals surface area contributed by atoms with Crippen LogP contribution in [0.25, 0.3) is 0 Å². The molecule has 0 spiro atoms. The molecule has 4 nitrogen and oxygen atoms in total. The Balaban J connectivity index is 3.37. The van der Waals surface area contributed by atoms with Crippen LogP contribution in [0.4, 0.5) is 5.82 Å². The van der Waals surface area contributed by atoms with E-state index < -0.39 is 0 Å². The third-order valence-corrected chi connectivity index (χ3v) is 1.66. The summed E-state index contributed by atoms with van der Waals surface area (Å²) in [5.74, 6) is 0.271. The average molecular weight is 172 g/mol. The number of carbonyl (C=O) groups excluding carboxylic acids is 1. The van der Waals surface area contributed by atoms with Crippen LogP contribution in [0.5, 0.6) is 0 Å². The second kappa shape index (κ2) is 2.84. The summed E-state index contributed by atoms with van der Waals surface area (Å²) in [6.45, 7) is 3.25. The minimum absolute atomic E-state index is 0.231. The second-order valence-electron chi connectivity index (χ2n) is 1.92. The fraction of sp³-hybridized carbons (Fsp3) is 0.167. The predicted molar refractivity (Wildman–Crippen MR) is 42.8 cm³/mol. The van der Waals surface area contributed by atoms with Crippen LogP contribution in [0, 0.1) is 0 Å². The molecule has 1 aromatic heterocycles. The normalized spacial score (nSPS) is 9.64. The number of carbonyl (C=O) groups is 1. The third kappa shape index (κ3) is 1.17. The van der Waals surface area contributed by atoms with Gasteiger partial charge in [-0.25, -0.2) is 4.99 Å². The van der Waals surface area contributed by atoms with Gasteiger partial charge in [-0.15, -0.1) is 0 Å². The monoisotopic (exact) mass is 171 g/mol. The Morgan fingerprint density at radius 2 is 2.45 bits per heavy atom. The Kier molecular flexibility index (Phi) is 2.05. The smallest absolute Gasteiger partial charge is 0.205 e. The van der Waals surface area contributed by atoms with Gasteiger partial charge in [0.25, 0.3) is 0 Å². The fourth-order valence-electron chi connectivity index (χ4n) is 0.717. The van der Waals surface area contributed by atoms with Crippen molar-refractivity contribution < 1.29 is 4.79 Å². The molecule has 0 N–H and O–H groups in total. The SMILES string of the molecule is C=Nc1nc(Cl)n(C)c1C=O. The van der Waals surface area contributed by atoms with Crippen molar-refractivity contribution in [2.45, 2.75) is 0 Å². The maximum Gasteiger partial charge on any atom is 0.205 e. The van der Waals surface area contributed by atoms with Gasteiger partial charge in [0.15, 0.2) is 12.1 Å². The van der Waals surface area contributed by atoms with E-state index in [1.54, 1.807) is 7.05 Å². The van der Waals surface area contributed by atoms with Crippen LogP contribution in [0.1, 0.15) is 10.5 Å². The number of aldehydes is 1. The number of aromatic nitrogens is 2. The van der Waals surface area contributed by atoms with Crippen LogP contribution in [0.2, 0.25) is 5.28 Å². The van der Waals surface area contributed by atoms with Crippen LogP contribution in [0.3, 0.4) is 0 Å². The lowest BCUT2D eigenvalue weighted by Gasteiger charge is -1.92. The predicted octanol–water partition coefficient (Wildman–Crippen LogP) is 1.22. The molecule has 0 aliphatic heterocycles. The van der Waals surface area contributed by atoms with Crippen LogP contribution in [-0.4, -0.2) is 22.6 Å². The van der Waals surface area contributed by atoms with Crippen molar-refractivity contribution in [3.05, 3.63) is 11.0 Å². The summed E-state index contributed by atoms with van der Waals surface area (Å²) in [5.41, 5.74) is 0.338. The van der Waals surface area contributed by atoms with Gasteiger partial charge in [0.1, 0.15) is 5.69 Å². The summed E-state index contributed by atoms with van der Waals surface area (Å²) < 4.78 is 1.44. The lowest BCUT2D eigenvalue weighted by Crippen LogP contribution is -1.93. The molecule has 0 fully saturated rings. The van der Waals surface area contributed by atoms with Gasteiger partial charge in [-0.2, -0.15) is 4.98 Å². The Morgan fingerprint density at radius 1 is 1.82 bits per heavy atom. The molecule has 0 aliphatic carbocycles. The Bertz CT molecular complexity index is 305. The molecule has 1 rings (SSSR count). The first-order chi connectivity index (χ1) is 5.20. The number of nitrogens with zero attached hydrogens (tertiary/aromatic N) is 3. The van der Waals surface area contributed by atoms with E-state index in [9.17, 15) is 4.79 Å². The summed E-state index contributed by atoms with van der Waals surface area (Å²) >= 11 is 5.60. The largest absolute Gasteiger partial charge is 0.314 e. The van der Waals surface area contributed by atoms with Crippen LogP contribution in [0.15, 0.2) is 4.99 Å². The third-order valence-electron chi connectivity index (χ3n) is 1.33. The minimum atomic E-state index is 0.231. The second-order valence-corrected chi connectivity index (χ2v) is 2.26. The van der Waals surface area contributed by atoms with Crippen molar-refractivity contribution in [3.63, 3.8) is 0 Å². The molecule has 1 heterocycles. The maximum absolute atomic E-state index is 10.4. The molecule has 0 aliphatic rings. The summed E-state index contributed by atoms with van der Waals surface area (Å²) in [4.78, 5) is 17.7. The van der Waals surface area contributed by atoms with Gasteiger partial charge in [0, 0.05) is 7.05 Å². The van der Waals surface area contributed by atoms with E-state index in [1.165, 1.54) is 4.57 Å². The Morgan fingerprint density at radius 3 is 2.82 bits per heavy atom. The molecule has 0 atom stereocenters. The fourth-order valence-corrected chi connectivity index (χ4v) is 0.888. The molecule has 0 saturated heterocycles. The van der Waals surface area contributed by atoms with Crippen molar-refractivity contribution in [1.82, 2.24) is 9.55 Å². The number of halogens is 1. The van der Waals surface area contributed by atoms with Crippen molar-refractivity contribution >= 4 is 30.4 Å². The minimum Gasteiger partial charge on any atom is -0.314 e. The van der Waals surface area contributed by atoms with Crippen molar-refractivity contribution in [2.24, 2.45) is 12.0 Å². The standard InChI is InChI=1S/C6H6ClN3O/c1-8-5-4(3-11)10(2)6(7)9-5/h3H,1H2,2H3. The van der Waals surface area contributed by atoms with Gasteiger partial charge < -0.3 is 4.57 Å². The van der Waals surface area contributed by atoms with E-state index in [-0.39, 0.29) is 11.1 Å². The molecule has 0 unspecified atom stereocenters. The number of imidazole rings is 1. The zero-order chi connectivity index (χ0) is 8.43. The molecular formula is C6H6ClN3O. The average Bonchev–Trinajstić information content (AvgIpc) is 2.28. The number of aliphatic imine (C=N–C) groups is 1. The molecular weight excluding hydrogens is 166 g/mol. The molecule has 1 aromatic rings. The van der Waals surface area contributed by atoms with Crippen LogP contribution >= 0.6 is 11.6 Å². The molecule has 0 bridgehead atoms. The molecule has 0 radical (unpaired) electrons. The number of hydrogen-bond donors (Lipinski definition) is 0. The molecule has 0 saturated carbocycles. The highest BCUT2D eigenvalue weighted by Crippen LogP contribution is 2.19. The highest BCUT2D eigenvalue weighted by Gasteiger charge is 2.09. The molecule has 11 heavy (non-hydrogen) atoms. The highest BCUT2D eigenvalue weighted by atomic mass is 35.5. The van der Waals surface area contributed by atoms with Crippen molar-refractivity contribution in [1.29, 1.82) is 0 Å². The summed E-state index contributed by atoms with van der Waals surface area (Å²) in [6.07, 6.45) is 0.642. The highest BCUT2D eigenvalue weighted by molar-refractivity contribution is 6.28.